The fourth-order valence-corrected chi connectivity index (χ4v) is 1.73. The van der Waals surface area contributed by atoms with Crippen molar-refractivity contribution in [3.05, 3.63) is 23.0 Å². The fourth-order valence-electron chi connectivity index (χ4n) is 1.57. The second-order valence-electron chi connectivity index (χ2n) is 4.52. The summed E-state index contributed by atoms with van der Waals surface area (Å²) in [5.41, 5.74) is 6.46. The number of rotatable bonds is 5. The van der Waals surface area contributed by atoms with Crippen LogP contribution in [0.1, 0.15) is 20.3 Å². The minimum Gasteiger partial charge on any atom is -0.397 e. The van der Waals surface area contributed by atoms with Gasteiger partial charge in [0.15, 0.2) is 0 Å². The average Bonchev–Trinajstić information content (AvgIpc) is 2.20. The van der Waals surface area contributed by atoms with Crippen molar-refractivity contribution in [1.82, 2.24) is 0 Å². The molecule has 1 aromatic rings. The normalized spacial score (nSPS) is 12.8. The number of hydrogen-bond acceptors (Lipinski definition) is 3. The summed E-state index contributed by atoms with van der Waals surface area (Å²) in [6.45, 7) is 4.43. The van der Waals surface area contributed by atoms with Crippen molar-refractivity contribution in [3.8, 4) is 0 Å². The molecule has 5 heteroatoms. The molecular weight excluding hydrogens is 243 g/mol. The third-order valence-electron chi connectivity index (χ3n) is 2.36. The van der Waals surface area contributed by atoms with Gasteiger partial charge in [0.2, 0.25) is 0 Å². The predicted octanol–water partition coefficient (Wildman–Crippen LogP) is 2.88. The van der Waals surface area contributed by atoms with E-state index < -0.39 is 11.9 Å². The molecule has 0 aliphatic rings. The summed E-state index contributed by atoms with van der Waals surface area (Å²) in [5, 5.41) is 12.7. The van der Waals surface area contributed by atoms with Gasteiger partial charge < -0.3 is 16.2 Å². The molecule has 0 saturated carbocycles. The maximum absolute atomic E-state index is 13.0. The van der Waals surface area contributed by atoms with Crippen LogP contribution in [0.15, 0.2) is 12.1 Å². The Bertz CT molecular complexity index is 385. The number of nitrogens with one attached hydrogen (secondary N) is 1. The summed E-state index contributed by atoms with van der Waals surface area (Å²) in [7, 11) is 0. The highest BCUT2D eigenvalue weighted by Gasteiger charge is 2.09. The second kappa shape index (κ2) is 6.07. The van der Waals surface area contributed by atoms with Crippen LogP contribution >= 0.6 is 11.6 Å². The van der Waals surface area contributed by atoms with E-state index in [1.165, 1.54) is 12.1 Å². The Morgan fingerprint density at radius 2 is 2.12 bits per heavy atom. The maximum Gasteiger partial charge on any atom is 0.143 e. The smallest absolute Gasteiger partial charge is 0.143 e. The zero-order valence-electron chi connectivity index (χ0n) is 10.0. The number of aliphatic hydroxyl groups is 1. The highest BCUT2D eigenvalue weighted by atomic mass is 35.5. The largest absolute Gasteiger partial charge is 0.397 e. The maximum atomic E-state index is 13.0. The molecule has 1 atom stereocenters. The summed E-state index contributed by atoms with van der Waals surface area (Å²) in [6, 6.07) is 2.59. The van der Waals surface area contributed by atoms with Crippen LogP contribution in [0.5, 0.6) is 0 Å². The molecule has 0 bridgehead atoms. The van der Waals surface area contributed by atoms with Crippen molar-refractivity contribution in [3.63, 3.8) is 0 Å². The Morgan fingerprint density at radius 3 is 2.71 bits per heavy atom. The number of anilines is 2. The molecule has 0 spiro atoms. The van der Waals surface area contributed by atoms with E-state index in [-0.39, 0.29) is 10.7 Å². The van der Waals surface area contributed by atoms with Crippen LogP contribution in [0.25, 0.3) is 0 Å². The van der Waals surface area contributed by atoms with E-state index in [4.69, 9.17) is 17.3 Å². The average molecular weight is 261 g/mol. The first-order valence-electron chi connectivity index (χ1n) is 5.56. The predicted molar refractivity (Wildman–Crippen MR) is 69.8 cm³/mol. The van der Waals surface area contributed by atoms with Crippen molar-refractivity contribution in [2.24, 2.45) is 5.92 Å². The lowest BCUT2D eigenvalue weighted by Crippen LogP contribution is -2.21. The van der Waals surface area contributed by atoms with E-state index in [1.807, 2.05) is 13.8 Å². The molecule has 1 unspecified atom stereocenters. The SMILES string of the molecule is CC(C)CC(O)CNc1cc(Cl)c(F)cc1N. The molecule has 0 amide bonds. The molecule has 96 valence electrons. The first-order chi connectivity index (χ1) is 7.90. The number of nitrogen functional groups attached to an aromatic ring is 1. The molecule has 0 fully saturated rings. The molecular formula is C12H18ClFN2O. The van der Waals surface area contributed by atoms with Gasteiger partial charge in [-0.15, -0.1) is 0 Å². The number of halogens is 2. The molecule has 4 N–H and O–H groups in total. The quantitative estimate of drug-likeness (QED) is 0.714. The minimum atomic E-state index is -0.544. The van der Waals surface area contributed by atoms with E-state index in [0.29, 0.717) is 24.6 Å². The lowest BCUT2D eigenvalue weighted by atomic mass is 10.1. The fraction of sp³-hybridized carbons (Fsp3) is 0.500. The summed E-state index contributed by atoms with van der Waals surface area (Å²) >= 11 is 5.65. The van der Waals surface area contributed by atoms with Crippen LogP contribution in [0.3, 0.4) is 0 Å². The van der Waals surface area contributed by atoms with Crippen LogP contribution in [-0.4, -0.2) is 17.8 Å². The molecule has 0 aliphatic carbocycles. The van der Waals surface area contributed by atoms with Gasteiger partial charge in [0.25, 0.3) is 0 Å². The third kappa shape index (κ3) is 4.40. The van der Waals surface area contributed by atoms with E-state index in [9.17, 15) is 9.50 Å². The Kier molecular flexibility index (Phi) is 5.02. The first-order valence-corrected chi connectivity index (χ1v) is 5.94. The van der Waals surface area contributed by atoms with Gasteiger partial charge in [-0.2, -0.15) is 0 Å². The van der Waals surface area contributed by atoms with Crippen molar-refractivity contribution < 1.29 is 9.50 Å². The van der Waals surface area contributed by atoms with E-state index in [1.54, 1.807) is 0 Å². The van der Waals surface area contributed by atoms with Gasteiger partial charge in [0.1, 0.15) is 5.82 Å². The minimum absolute atomic E-state index is 0.0139. The highest BCUT2D eigenvalue weighted by molar-refractivity contribution is 6.31. The number of aliphatic hydroxyl groups excluding tert-OH is 1. The zero-order chi connectivity index (χ0) is 13.0. The summed E-state index contributed by atoms with van der Waals surface area (Å²) in [4.78, 5) is 0. The Labute approximate surface area is 106 Å². The molecule has 0 saturated heterocycles. The number of benzene rings is 1. The zero-order valence-corrected chi connectivity index (χ0v) is 10.8. The molecule has 17 heavy (non-hydrogen) atoms. The van der Waals surface area contributed by atoms with E-state index in [0.717, 1.165) is 0 Å². The van der Waals surface area contributed by atoms with Crippen LogP contribution < -0.4 is 11.1 Å². The summed E-state index contributed by atoms with van der Waals surface area (Å²) in [6.07, 6.45) is 0.236. The van der Waals surface area contributed by atoms with Gasteiger partial charge in [0, 0.05) is 12.6 Å². The Balaban J connectivity index is 2.60. The van der Waals surface area contributed by atoms with Crippen molar-refractivity contribution in [2.75, 3.05) is 17.6 Å². The molecule has 0 aliphatic heterocycles. The number of nitrogens with two attached hydrogens (primary N) is 1. The molecule has 0 aromatic heterocycles. The van der Waals surface area contributed by atoms with Crippen molar-refractivity contribution in [2.45, 2.75) is 26.4 Å². The van der Waals surface area contributed by atoms with Crippen molar-refractivity contribution in [1.29, 1.82) is 0 Å². The molecule has 3 nitrogen and oxygen atoms in total. The second-order valence-corrected chi connectivity index (χ2v) is 4.93. The van der Waals surface area contributed by atoms with Crippen LogP contribution in [0.2, 0.25) is 5.02 Å². The topological polar surface area (TPSA) is 58.3 Å². The lowest BCUT2D eigenvalue weighted by molar-refractivity contribution is 0.161. The van der Waals surface area contributed by atoms with Gasteiger partial charge in [-0.1, -0.05) is 25.4 Å². The van der Waals surface area contributed by atoms with Crippen LogP contribution in [0, 0.1) is 11.7 Å². The van der Waals surface area contributed by atoms with E-state index >= 15 is 0 Å². The third-order valence-corrected chi connectivity index (χ3v) is 2.65. The lowest BCUT2D eigenvalue weighted by Gasteiger charge is -2.16. The number of hydrogen-bond donors (Lipinski definition) is 3. The van der Waals surface area contributed by atoms with Gasteiger partial charge in [-0.05, 0) is 18.4 Å². The molecule has 0 radical (unpaired) electrons. The Hall–Kier alpha value is -1.00. The van der Waals surface area contributed by atoms with Crippen LogP contribution in [-0.2, 0) is 0 Å². The summed E-state index contributed by atoms with van der Waals surface area (Å²) < 4.78 is 13.0. The van der Waals surface area contributed by atoms with Gasteiger partial charge in [0.05, 0.1) is 22.5 Å². The van der Waals surface area contributed by atoms with Gasteiger partial charge in [-0.3, -0.25) is 0 Å². The summed E-state index contributed by atoms with van der Waals surface area (Å²) in [5.74, 6) is -0.126. The standard InChI is InChI=1S/C12H18ClFN2O/c1-7(2)3-8(17)6-16-12-4-9(13)10(14)5-11(12)15/h4-5,7-8,16-17H,3,6,15H2,1-2H3. The highest BCUT2D eigenvalue weighted by Crippen LogP contribution is 2.26. The van der Waals surface area contributed by atoms with Crippen LogP contribution in [0.4, 0.5) is 15.8 Å². The molecule has 1 rings (SSSR count). The molecule has 1 aromatic carbocycles. The first kappa shape index (κ1) is 14.1. The van der Waals surface area contributed by atoms with Gasteiger partial charge >= 0.3 is 0 Å². The monoisotopic (exact) mass is 260 g/mol. The van der Waals surface area contributed by atoms with Gasteiger partial charge in [-0.25, -0.2) is 4.39 Å². The Morgan fingerprint density at radius 1 is 1.47 bits per heavy atom. The van der Waals surface area contributed by atoms with E-state index in [2.05, 4.69) is 5.32 Å². The van der Waals surface area contributed by atoms with Crippen molar-refractivity contribution >= 4 is 23.0 Å². The molecule has 0 heterocycles.